The number of rotatable bonds is 16. The summed E-state index contributed by atoms with van der Waals surface area (Å²) in [5.74, 6) is 2.95. The molecule has 4 atom stereocenters. The standard InChI is InChI=1S/C30H61N/c1-12-14-20-30(10,11)28(25(6)22-29(7,8)9)19-16-24(5)26(21-23(3)4)17-18-27(31)15-13-2/h17,23-25,27-28H,12-16,18-22,31H2,1-11H3/b26-17+. The molecule has 0 aliphatic heterocycles. The minimum absolute atomic E-state index is 0.326. The van der Waals surface area contributed by atoms with Crippen molar-refractivity contribution in [2.45, 2.75) is 146 Å². The van der Waals surface area contributed by atoms with Gasteiger partial charge in [-0.25, -0.2) is 0 Å². The van der Waals surface area contributed by atoms with Gasteiger partial charge in [0.25, 0.3) is 0 Å². The van der Waals surface area contributed by atoms with E-state index in [1.165, 1.54) is 51.4 Å². The van der Waals surface area contributed by atoms with Gasteiger partial charge < -0.3 is 5.73 Å². The molecular weight excluding hydrogens is 374 g/mol. The zero-order valence-corrected chi connectivity index (χ0v) is 23.6. The minimum Gasteiger partial charge on any atom is -0.327 e. The van der Waals surface area contributed by atoms with E-state index in [0.29, 0.717) is 28.7 Å². The Morgan fingerprint density at radius 3 is 1.97 bits per heavy atom. The molecule has 0 aromatic rings. The van der Waals surface area contributed by atoms with Crippen molar-refractivity contribution in [1.82, 2.24) is 0 Å². The number of hydrogen-bond acceptors (Lipinski definition) is 1. The van der Waals surface area contributed by atoms with Crippen LogP contribution >= 0.6 is 0 Å². The predicted molar refractivity (Wildman–Crippen MR) is 143 cm³/mol. The minimum atomic E-state index is 0.326. The molecule has 0 saturated heterocycles. The van der Waals surface area contributed by atoms with Crippen LogP contribution in [0, 0.1) is 34.5 Å². The summed E-state index contributed by atoms with van der Waals surface area (Å²) in [6.45, 7) is 26.6. The fraction of sp³-hybridized carbons (Fsp3) is 0.933. The molecule has 0 aliphatic rings. The lowest BCUT2D eigenvalue weighted by Gasteiger charge is -2.41. The normalized spacial score (nSPS) is 17.6. The second-order valence-electron chi connectivity index (χ2n) is 13.1. The van der Waals surface area contributed by atoms with E-state index in [-0.39, 0.29) is 0 Å². The molecule has 1 nitrogen and oxygen atoms in total. The van der Waals surface area contributed by atoms with Crippen LogP contribution in [0.25, 0.3) is 0 Å². The number of allylic oxidation sites excluding steroid dienone is 1. The molecule has 0 bridgehead atoms. The van der Waals surface area contributed by atoms with Crippen molar-refractivity contribution in [2.75, 3.05) is 0 Å². The van der Waals surface area contributed by atoms with Crippen LogP contribution in [0.2, 0.25) is 0 Å². The van der Waals surface area contributed by atoms with Crippen molar-refractivity contribution >= 4 is 0 Å². The van der Waals surface area contributed by atoms with Gasteiger partial charge in [-0.2, -0.15) is 0 Å². The van der Waals surface area contributed by atoms with E-state index in [2.05, 4.69) is 82.2 Å². The van der Waals surface area contributed by atoms with E-state index in [9.17, 15) is 0 Å². The van der Waals surface area contributed by atoms with Crippen LogP contribution in [0.5, 0.6) is 0 Å². The van der Waals surface area contributed by atoms with Crippen LogP contribution in [0.15, 0.2) is 11.6 Å². The lowest BCUT2D eigenvalue weighted by atomic mass is 9.64. The fourth-order valence-corrected chi connectivity index (χ4v) is 5.73. The molecule has 0 heterocycles. The Bertz CT molecular complexity index is 479. The summed E-state index contributed by atoms with van der Waals surface area (Å²) >= 11 is 0. The van der Waals surface area contributed by atoms with E-state index in [1.54, 1.807) is 5.57 Å². The van der Waals surface area contributed by atoms with E-state index in [1.807, 2.05) is 0 Å². The lowest BCUT2D eigenvalue weighted by Crippen LogP contribution is -2.32. The smallest absolute Gasteiger partial charge is 0.00734 e. The van der Waals surface area contributed by atoms with Crippen LogP contribution in [-0.2, 0) is 0 Å². The molecule has 0 rings (SSSR count). The molecule has 0 spiro atoms. The molecule has 4 unspecified atom stereocenters. The van der Waals surface area contributed by atoms with Gasteiger partial charge in [-0.3, -0.25) is 0 Å². The fourth-order valence-electron chi connectivity index (χ4n) is 5.73. The number of unbranched alkanes of at least 4 members (excludes halogenated alkanes) is 1. The van der Waals surface area contributed by atoms with Crippen molar-refractivity contribution in [1.29, 1.82) is 0 Å². The van der Waals surface area contributed by atoms with Crippen LogP contribution in [0.3, 0.4) is 0 Å². The van der Waals surface area contributed by atoms with E-state index >= 15 is 0 Å². The van der Waals surface area contributed by atoms with Crippen molar-refractivity contribution in [2.24, 2.45) is 40.2 Å². The second kappa shape index (κ2) is 14.8. The molecule has 0 radical (unpaired) electrons. The second-order valence-corrected chi connectivity index (χ2v) is 13.1. The van der Waals surface area contributed by atoms with Crippen molar-refractivity contribution < 1.29 is 0 Å². The molecule has 0 aromatic carbocycles. The molecule has 0 aromatic heterocycles. The molecule has 1 heteroatoms. The first-order valence-corrected chi connectivity index (χ1v) is 13.7. The highest BCUT2D eigenvalue weighted by atomic mass is 14.6. The van der Waals surface area contributed by atoms with Crippen LogP contribution in [0.4, 0.5) is 0 Å². The van der Waals surface area contributed by atoms with Gasteiger partial charge in [0.2, 0.25) is 0 Å². The van der Waals surface area contributed by atoms with Gasteiger partial charge in [-0.15, -0.1) is 0 Å². The quantitative estimate of drug-likeness (QED) is 0.240. The highest BCUT2D eigenvalue weighted by Gasteiger charge is 2.34. The van der Waals surface area contributed by atoms with E-state index in [0.717, 1.165) is 24.7 Å². The average molecular weight is 436 g/mol. The number of nitrogens with two attached hydrogens (primary N) is 1. The van der Waals surface area contributed by atoms with Crippen molar-refractivity contribution in [3.8, 4) is 0 Å². The summed E-state index contributed by atoms with van der Waals surface area (Å²) < 4.78 is 0. The first-order chi connectivity index (χ1) is 14.2. The zero-order chi connectivity index (χ0) is 24.2. The lowest BCUT2D eigenvalue weighted by molar-refractivity contribution is 0.0906. The highest BCUT2D eigenvalue weighted by Crippen LogP contribution is 2.44. The average Bonchev–Trinajstić information content (AvgIpc) is 2.61. The predicted octanol–water partition coefficient (Wildman–Crippen LogP) is 9.80. The highest BCUT2D eigenvalue weighted by molar-refractivity contribution is 5.08. The van der Waals surface area contributed by atoms with Gasteiger partial charge in [0, 0.05) is 6.04 Å². The largest absolute Gasteiger partial charge is 0.327 e. The Balaban J connectivity index is 5.40. The molecule has 0 fully saturated rings. The molecule has 0 saturated carbocycles. The Morgan fingerprint density at radius 1 is 0.871 bits per heavy atom. The van der Waals surface area contributed by atoms with Gasteiger partial charge in [-0.05, 0) is 79.4 Å². The van der Waals surface area contributed by atoms with Crippen molar-refractivity contribution in [3.05, 3.63) is 11.6 Å². The Labute approximate surface area is 198 Å². The summed E-state index contributed by atoms with van der Waals surface area (Å²) in [6.07, 6.45) is 15.1. The third-order valence-corrected chi connectivity index (χ3v) is 7.33. The molecule has 0 amide bonds. The Morgan fingerprint density at radius 2 is 1.48 bits per heavy atom. The SMILES string of the molecule is CCCCC(C)(C)C(CCC(C)/C(=C/CC(N)CCC)CC(C)C)C(C)CC(C)(C)C. The maximum absolute atomic E-state index is 6.34. The van der Waals surface area contributed by atoms with Gasteiger partial charge in [0.05, 0.1) is 0 Å². The molecular formula is C30H61N. The van der Waals surface area contributed by atoms with Crippen LogP contribution in [-0.4, -0.2) is 6.04 Å². The number of hydrogen-bond donors (Lipinski definition) is 1. The summed E-state index contributed by atoms with van der Waals surface area (Å²) in [5.41, 5.74) is 8.83. The molecule has 186 valence electrons. The Hall–Kier alpha value is -0.300. The van der Waals surface area contributed by atoms with Crippen LogP contribution in [0.1, 0.15) is 140 Å². The first kappa shape index (κ1) is 30.7. The van der Waals surface area contributed by atoms with Crippen LogP contribution < -0.4 is 5.73 Å². The summed E-state index contributed by atoms with van der Waals surface area (Å²) in [7, 11) is 0. The van der Waals surface area contributed by atoms with Gasteiger partial charge in [0.15, 0.2) is 0 Å². The molecule has 2 N–H and O–H groups in total. The van der Waals surface area contributed by atoms with Gasteiger partial charge >= 0.3 is 0 Å². The monoisotopic (exact) mass is 435 g/mol. The summed E-state index contributed by atoms with van der Waals surface area (Å²) in [5, 5.41) is 0. The summed E-state index contributed by atoms with van der Waals surface area (Å²) in [4.78, 5) is 0. The van der Waals surface area contributed by atoms with Crippen molar-refractivity contribution in [3.63, 3.8) is 0 Å². The zero-order valence-electron chi connectivity index (χ0n) is 23.6. The van der Waals surface area contributed by atoms with E-state index < -0.39 is 0 Å². The third kappa shape index (κ3) is 13.8. The topological polar surface area (TPSA) is 26.0 Å². The third-order valence-electron chi connectivity index (χ3n) is 7.33. The van der Waals surface area contributed by atoms with Gasteiger partial charge in [-0.1, -0.05) is 107 Å². The summed E-state index contributed by atoms with van der Waals surface area (Å²) in [6, 6.07) is 0.326. The molecule has 31 heavy (non-hydrogen) atoms. The Kier molecular flexibility index (Phi) is 14.6. The van der Waals surface area contributed by atoms with Gasteiger partial charge in [0.1, 0.15) is 0 Å². The first-order valence-electron chi connectivity index (χ1n) is 13.7. The maximum atomic E-state index is 6.34. The molecule has 0 aliphatic carbocycles. The maximum Gasteiger partial charge on any atom is 0.00734 e. The van der Waals surface area contributed by atoms with E-state index in [4.69, 9.17) is 5.73 Å².